The molecule has 1 aliphatic heterocycles. The number of likely N-dealkylation sites (tertiary alicyclic amines) is 1. The standard InChI is InChI=1S/C13H19N3O3/c1-8-2-3-16(7-10(8)6-14)13(19)9-4-11(17)15-12(18)5-9/h4-5,8,10H,2-3,6-7,14H2,1H3,(H2,15,17,18). The van der Waals surface area contributed by atoms with E-state index < -0.39 is 5.56 Å². The molecule has 19 heavy (non-hydrogen) atoms. The number of aromatic amines is 1. The quantitative estimate of drug-likeness (QED) is 0.708. The van der Waals surface area contributed by atoms with Crippen molar-refractivity contribution < 1.29 is 9.90 Å². The summed E-state index contributed by atoms with van der Waals surface area (Å²) in [7, 11) is 0. The number of carbonyl (C=O) groups is 1. The Morgan fingerprint density at radius 2 is 2.32 bits per heavy atom. The third-order valence-corrected chi connectivity index (χ3v) is 3.78. The lowest BCUT2D eigenvalue weighted by Gasteiger charge is -2.36. The lowest BCUT2D eigenvalue weighted by atomic mass is 9.87. The monoisotopic (exact) mass is 265 g/mol. The molecule has 1 aromatic heterocycles. The van der Waals surface area contributed by atoms with Gasteiger partial charge in [-0.2, -0.15) is 0 Å². The van der Waals surface area contributed by atoms with Gasteiger partial charge in [0, 0.05) is 25.2 Å². The van der Waals surface area contributed by atoms with Crippen LogP contribution in [0.4, 0.5) is 0 Å². The van der Waals surface area contributed by atoms with Crippen molar-refractivity contribution in [3.63, 3.8) is 0 Å². The number of piperidine rings is 1. The average Bonchev–Trinajstić information content (AvgIpc) is 2.37. The van der Waals surface area contributed by atoms with Gasteiger partial charge in [0.2, 0.25) is 0 Å². The number of carbonyl (C=O) groups excluding carboxylic acids is 1. The molecule has 104 valence electrons. The molecule has 1 aromatic rings. The molecule has 1 aliphatic rings. The molecule has 0 aromatic carbocycles. The van der Waals surface area contributed by atoms with Crippen LogP contribution in [-0.4, -0.2) is 40.5 Å². The summed E-state index contributed by atoms with van der Waals surface area (Å²) in [5.74, 6) is 0.262. The largest absolute Gasteiger partial charge is 0.494 e. The van der Waals surface area contributed by atoms with Gasteiger partial charge in [0.25, 0.3) is 11.5 Å². The van der Waals surface area contributed by atoms with Gasteiger partial charge in [-0.25, -0.2) is 0 Å². The molecule has 2 atom stereocenters. The predicted octanol–water partition coefficient (Wildman–Crippen LogP) is 0.137. The van der Waals surface area contributed by atoms with E-state index in [1.165, 1.54) is 12.1 Å². The topological polar surface area (TPSA) is 99.4 Å². The van der Waals surface area contributed by atoms with Crippen LogP contribution in [0.5, 0.6) is 5.88 Å². The van der Waals surface area contributed by atoms with Gasteiger partial charge in [-0.1, -0.05) is 6.92 Å². The highest BCUT2D eigenvalue weighted by Crippen LogP contribution is 2.23. The maximum Gasteiger partial charge on any atom is 0.254 e. The number of H-pyrrole nitrogens is 1. The minimum atomic E-state index is -0.482. The van der Waals surface area contributed by atoms with Gasteiger partial charge >= 0.3 is 0 Å². The lowest BCUT2D eigenvalue weighted by molar-refractivity contribution is 0.0618. The summed E-state index contributed by atoms with van der Waals surface area (Å²) >= 11 is 0. The van der Waals surface area contributed by atoms with Gasteiger partial charge in [-0.15, -0.1) is 0 Å². The molecule has 0 bridgehead atoms. The van der Waals surface area contributed by atoms with Crippen molar-refractivity contribution in [1.29, 1.82) is 0 Å². The molecular formula is C13H19N3O3. The molecule has 0 aliphatic carbocycles. The Bertz CT molecular complexity index is 526. The zero-order valence-electron chi connectivity index (χ0n) is 10.9. The number of aromatic hydroxyl groups is 1. The van der Waals surface area contributed by atoms with Gasteiger partial charge in [0.15, 0.2) is 5.88 Å². The van der Waals surface area contributed by atoms with Crippen LogP contribution in [0.2, 0.25) is 0 Å². The van der Waals surface area contributed by atoms with Gasteiger partial charge in [0.05, 0.1) is 5.56 Å². The van der Waals surface area contributed by atoms with Crippen LogP contribution in [0.1, 0.15) is 23.7 Å². The summed E-state index contributed by atoms with van der Waals surface area (Å²) in [4.78, 5) is 27.5. The lowest BCUT2D eigenvalue weighted by Crippen LogP contribution is -2.45. The van der Waals surface area contributed by atoms with Crippen LogP contribution in [0.25, 0.3) is 0 Å². The Balaban J connectivity index is 2.17. The third kappa shape index (κ3) is 2.96. The summed E-state index contributed by atoms with van der Waals surface area (Å²) in [6, 6.07) is 2.48. The minimum Gasteiger partial charge on any atom is -0.494 e. The molecule has 4 N–H and O–H groups in total. The summed E-state index contributed by atoms with van der Waals surface area (Å²) < 4.78 is 0. The highest BCUT2D eigenvalue weighted by atomic mass is 16.3. The molecule has 2 unspecified atom stereocenters. The summed E-state index contributed by atoms with van der Waals surface area (Å²) in [6.45, 7) is 3.94. The fraction of sp³-hybridized carbons (Fsp3) is 0.538. The molecule has 0 radical (unpaired) electrons. The second kappa shape index (κ2) is 5.44. The van der Waals surface area contributed by atoms with Gasteiger partial charge in [0.1, 0.15) is 0 Å². The molecule has 2 heterocycles. The first kappa shape index (κ1) is 13.6. The first-order valence-electron chi connectivity index (χ1n) is 6.44. The second-order valence-electron chi connectivity index (χ2n) is 5.13. The molecule has 1 amide bonds. The number of nitrogens with zero attached hydrogens (tertiary/aromatic N) is 1. The number of hydrogen-bond acceptors (Lipinski definition) is 4. The van der Waals surface area contributed by atoms with E-state index in [4.69, 9.17) is 5.73 Å². The van der Waals surface area contributed by atoms with E-state index in [2.05, 4.69) is 11.9 Å². The van der Waals surface area contributed by atoms with Crippen molar-refractivity contribution in [3.05, 3.63) is 28.0 Å². The number of amides is 1. The van der Waals surface area contributed by atoms with Crippen molar-refractivity contribution >= 4 is 5.91 Å². The average molecular weight is 265 g/mol. The summed E-state index contributed by atoms with van der Waals surface area (Å²) in [5.41, 5.74) is 5.44. The van der Waals surface area contributed by atoms with E-state index in [1.807, 2.05) is 0 Å². The van der Waals surface area contributed by atoms with Crippen molar-refractivity contribution in [2.24, 2.45) is 17.6 Å². The van der Waals surface area contributed by atoms with Crippen molar-refractivity contribution in [3.8, 4) is 5.88 Å². The predicted molar refractivity (Wildman–Crippen MR) is 71.0 cm³/mol. The second-order valence-corrected chi connectivity index (χ2v) is 5.13. The number of nitrogens with two attached hydrogens (primary N) is 1. The smallest absolute Gasteiger partial charge is 0.254 e. The Morgan fingerprint density at radius 1 is 1.58 bits per heavy atom. The van der Waals surface area contributed by atoms with Crippen LogP contribution in [0.3, 0.4) is 0 Å². The van der Waals surface area contributed by atoms with Crippen molar-refractivity contribution in [1.82, 2.24) is 9.88 Å². The maximum atomic E-state index is 12.3. The van der Waals surface area contributed by atoms with E-state index in [-0.39, 0.29) is 23.3 Å². The van der Waals surface area contributed by atoms with Crippen LogP contribution >= 0.6 is 0 Å². The fourth-order valence-corrected chi connectivity index (χ4v) is 2.48. The summed E-state index contributed by atoms with van der Waals surface area (Å²) in [5, 5.41) is 9.34. The first-order chi connectivity index (χ1) is 9.01. The number of rotatable bonds is 2. The zero-order valence-corrected chi connectivity index (χ0v) is 10.9. The van der Waals surface area contributed by atoms with Gasteiger partial charge in [-0.3, -0.25) is 14.6 Å². The molecule has 1 fully saturated rings. The highest BCUT2D eigenvalue weighted by molar-refractivity contribution is 5.94. The maximum absolute atomic E-state index is 12.3. The normalized spacial score (nSPS) is 23.4. The Kier molecular flexibility index (Phi) is 3.90. The SMILES string of the molecule is CC1CCN(C(=O)c2cc(O)[nH]c(=O)c2)CC1CN. The number of hydrogen-bond donors (Lipinski definition) is 3. The molecule has 6 heteroatoms. The van der Waals surface area contributed by atoms with E-state index in [0.717, 1.165) is 6.42 Å². The zero-order chi connectivity index (χ0) is 14.0. The van der Waals surface area contributed by atoms with Crippen LogP contribution < -0.4 is 11.3 Å². The van der Waals surface area contributed by atoms with Crippen LogP contribution in [0, 0.1) is 11.8 Å². The van der Waals surface area contributed by atoms with E-state index in [0.29, 0.717) is 25.6 Å². The summed E-state index contributed by atoms with van der Waals surface area (Å²) in [6.07, 6.45) is 0.906. The van der Waals surface area contributed by atoms with Gasteiger partial charge < -0.3 is 15.7 Å². The Hall–Kier alpha value is -1.82. The van der Waals surface area contributed by atoms with Gasteiger partial charge in [-0.05, 0) is 24.8 Å². The van der Waals surface area contributed by atoms with E-state index in [9.17, 15) is 14.7 Å². The minimum absolute atomic E-state index is 0.214. The first-order valence-corrected chi connectivity index (χ1v) is 6.44. The molecule has 1 saturated heterocycles. The Morgan fingerprint density at radius 3 is 2.95 bits per heavy atom. The van der Waals surface area contributed by atoms with E-state index >= 15 is 0 Å². The number of nitrogens with one attached hydrogen (secondary N) is 1. The molecule has 0 spiro atoms. The highest BCUT2D eigenvalue weighted by Gasteiger charge is 2.28. The number of aromatic nitrogens is 1. The fourth-order valence-electron chi connectivity index (χ4n) is 2.48. The molecule has 2 rings (SSSR count). The van der Waals surface area contributed by atoms with Crippen LogP contribution in [0.15, 0.2) is 16.9 Å². The molecule has 0 saturated carbocycles. The van der Waals surface area contributed by atoms with E-state index in [1.54, 1.807) is 4.90 Å². The van der Waals surface area contributed by atoms with Crippen molar-refractivity contribution in [2.45, 2.75) is 13.3 Å². The third-order valence-electron chi connectivity index (χ3n) is 3.78. The molecule has 6 nitrogen and oxygen atoms in total. The number of pyridine rings is 1. The molecular weight excluding hydrogens is 246 g/mol. The van der Waals surface area contributed by atoms with Crippen molar-refractivity contribution in [2.75, 3.05) is 19.6 Å². The van der Waals surface area contributed by atoms with Crippen LogP contribution in [-0.2, 0) is 0 Å². The Labute approximate surface area is 111 Å².